The molecule has 0 aromatic heterocycles. The average Bonchev–Trinajstić information content (AvgIpc) is 2.71. The maximum atomic E-state index is 3.52. The number of rotatable bonds is 1. The van der Waals surface area contributed by atoms with Gasteiger partial charge in [0.2, 0.25) is 0 Å². The van der Waals surface area contributed by atoms with Crippen LogP contribution in [0.3, 0.4) is 0 Å². The Bertz CT molecular complexity index is 344. The molecule has 1 radical (unpaired) electrons. The molecule has 14 heavy (non-hydrogen) atoms. The van der Waals surface area contributed by atoms with Gasteiger partial charge in [-0.3, -0.25) is 0 Å². The first-order chi connectivity index (χ1) is 6.77. The first kappa shape index (κ1) is 9.51. The van der Waals surface area contributed by atoms with E-state index in [1.807, 2.05) is 0 Å². The fraction of sp³-hybridized carbons (Fsp3) is 0.429. The molecule has 0 saturated carbocycles. The molecule has 0 aromatic rings. The third kappa shape index (κ3) is 1.89. The van der Waals surface area contributed by atoms with Crippen LogP contribution in [0.1, 0.15) is 39.5 Å². The Morgan fingerprint density at radius 3 is 2.86 bits per heavy atom. The largest absolute Gasteiger partial charge is 0.0801 e. The van der Waals surface area contributed by atoms with Crippen LogP contribution in [-0.2, 0) is 0 Å². The van der Waals surface area contributed by atoms with E-state index in [0.717, 1.165) is 19.3 Å². The van der Waals surface area contributed by atoms with E-state index in [0.29, 0.717) is 0 Å². The van der Waals surface area contributed by atoms with Crippen molar-refractivity contribution in [3.8, 4) is 0 Å². The summed E-state index contributed by atoms with van der Waals surface area (Å²) in [5.41, 5.74) is 6.03. The summed E-state index contributed by atoms with van der Waals surface area (Å²) >= 11 is 0. The van der Waals surface area contributed by atoms with E-state index in [1.165, 1.54) is 23.1 Å². The van der Waals surface area contributed by atoms with Crippen LogP contribution in [0.15, 0.2) is 40.5 Å². The molecule has 2 rings (SSSR count). The molecule has 0 aliphatic heterocycles. The Labute approximate surface area is 86.7 Å². The SMILES string of the molecule is CC(C)=C1CC[C]=C(C2=CC=CC2)C1. The van der Waals surface area contributed by atoms with Crippen LogP contribution < -0.4 is 0 Å². The van der Waals surface area contributed by atoms with Crippen molar-refractivity contribution < 1.29 is 0 Å². The lowest BCUT2D eigenvalue weighted by Crippen LogP contribution is -1.99. The molecule has 0 saturated heterocycles. The molecule has 0 amide bonds. The van der Waals surface area contributed by atoms with E-state index in [-0.39, 0.29) is 0 Å². The second-order valence-corrected chi connectivity index (χ2v) is 4.26. The Balaban J connectivity index is 2.15. The van der Waals surface area contributed by atoms with E-state index in [1.54, 1.807) is 5.57 Å². The highest BCUT2D eigenvalue weighted by Crippen LogP contribution is 2.32. The highest BCUT2D eigenvalue weighted by molar-refractivity contribution is 5.42. The first-order valence-corrected chi connectivity index (χ1v) is 5.38. The molecule has 0 heterocycles. The van der Waals surface area contributed by atoms with Gasteiger partial charge >= 0.3 is 0 Å². The fourth-order valence-corrected chi connectivity index (χ4v) is 2.05. The number of hydrogen-bond acceptors (Lipinski definition) is 0. The van der Waals surface area contributed by atoms with Crippen molar-refractivity contribution in [2.75, 3.05) is 0 Å². The Morgan fingerprint density at radius 2 is 2.21 bits per heavy atom. The van der Waals surface area contributed by atoms with Crippen LogP contribution in [0, 0.1) is 6.08 Å². The van der Waals surface area contributed by atoms with Gasteiger partial charge in [0, 0.05) is 0 Å². The average molecular weight is 185 g/mol. The van der Waals surface area contributed by atoms with Gasteiger partial charge in [0.05, 0.1) is 0 Å². The highest BCUT2D eigenvalue weighted by atomic mass is 14.2. The lowest BCUT2D eigenvalue weighted by Gasteiger charge is -2.18. The second kappa shape index (κ2) is 4.00. The summed E-state index contributed by atoms with van der Waals surface area (Å²) < 4.78 is 0. The smallest absolute Gasteiger partial charge is 0.00588 e. The molecule has 0 aromatic carbocycles. The van der Waals surface area contributed by atoms with Crippen LogP contribution in [0.5, 0.6) is 0 Å². The molecule has 73 valence electrons. The topological polar surface area (TPSA) is 0 Å². The van der Waals surface area contributed by atoms with Crippen molar-refractivity contribution in [3.63, 3.8) is 0 Å². The van der Waals surface area contributed by atoms with Crippen LogP contribution in [0.2, 0.25) is 0 Å². The lowest BCUT2D eigenvalue weighted by atomic mass is 9.87. The van der Waals surface area contributed by atoms with E-state index >= 15 is 0 Å². The molecule has 0 heteroatoms. The van der Waals surface area contributed by atoms with Crippen LogP contribution in [0.4, 0.5) is 0 Å². The minimum atomic E-state index is 1.10. The molecule has 2 aliphatic carbocycles. The lowest BCUT2D eigenvalue weighted by molar-refractivity contribution is 0.827. The van der Waals surface area contributed by atoms with Gasteiger partial charge in [-0.25, -0.2) is 0 Å². The van der Waals surface area contributed by atoms with Gasteiger partial charge in [-0.05, 0) is 56.8 Å². The zero-order valence-electron chi connectivity index (χ0n) is 9.06. The van der Waals surface area contributed by atoms with Gasteiger partial charge in [0.15, 0.2) is 0 Å². The molecule has 0 N–H and O–H groups in total. The third-order valence-corrected chi connectivity index (χ3v) is 3.02. The minimum absolute atomic E-state index is 1.10. The van der Waals surface area contributed by atoms with E-state index in [9.17, 15) is 0 Å². The quantitative estimate of drug-likeness (QED) is 0.539. The minimum Gasteiger partial charge on any atom is -0.0801 e. The van der Waals surface area contributed by atoms with Crippen molar-refractivity contribution in [3.05, 3.63) is 46.6 Å². The predicted octanol–water partition coefficient (Wildman–Crippen LogP) is 4.12. The van der Waals surface area contributed by atoms with Gasteiger partial charge in [-0.1, -0.05) is 29.4 Å². The monoisotopic (exact) mass is 185 g/mol. The van der Waals surface area contributed by atoms with Crippen molar-refractivity contribution in [1.29, 1.82) is 0 Å². The summed E-state index contributed by atoms with van der Waals surface area (Å²) in [7, 11) is 0. The summed E-state index contributed by atoms with van der Waals surface area (Å²) in [5, 5.41) is 0. The maximum Gasteiger partial charge on any atom is -0.00588 e. The molecular weight excluding hydrogens is 168 g/mol. The van der Waals surface area contributed by atoms with Gasteiger partial charge in [0.25, 0.3) is 0 Å². The summed E-state index contributed by atoms with van der Waals surface area (Å²) in [5.74, 6) is 0. The van der Waals surface area contributed by atoms with Crippen molar-refractivity contribution >= 4 is 0 Å². The summed E-state index contributed by atoms with van der Waals surface area (Å²) in [6.07, 6.45) is 14.7. The number of allylic oxidation sites excluding steroid dienone is 8. The van der Waals surface area contributed by atoms with Crippen LogP contribution in [0.25, 0.3) is 0 Å². The Kier molecular flexibility index (Phi) is 2.72. The summed E-state index contributed by atoms with van der Waals surface area (Å²) in [4.78, 5) is 0. The van der Waals surface area contributed by atoms with E-state index in [4.69, 9.17) is 0 Å². The van der Waals surface area contributed by atoms with Crippen LogP contribution in [-0.4, -0.2) is 0 Å². The first-order valence-electron chi connectivity index (χ1n) is 5.38. The van der Waals surface area contributed by atoms with Gasteiger partial charge in [0.1, 0.15) is 0 Å². The normalized spacial score (nSPS) is 20.9. The standard InChI is InChI=1S/C14H17/c1-11(2)13-8-5-9-14(10-13)12-6-3-4-7-12/h3-4,6H,5,7-8,10H2,1-2H3. The van der Waals surface area contributed by atoms with Crippen molar-refractivity contribution in [2.45, 2.75) is 39.5 Å². The molecule has 0 atom stereocenters. The third-order valence-electron chi connectivity index (χ3n) is 3.02. The fourth-order valence-electron chi connectivity index (χ4n) is 2.05. The van der Waals surface area contributed by atoms with Gasteiger partial charge in [-0.15, -0.1) is 0 Å². The van der Waals surface area contributed by atoms with Crippen LogP contribution >= 0.6 is 0 Å². The zero-order chi connectivity index (χ0) is 9.97. The zero-order valence-corrected chi connectivity index (χ0v) is 9.06. The number of hydrogen-bond donors (Lipinski definition) is 0. The predicted molar refractivity (Wildman–Crippen MR) is 60.8 cm³/mol. The van der Waals surface area contributed by atoms with E-state index < -0.39 is 0 Å². The Hall–Kier alpha value is -1.04. The molecule has 0 fully saturated rings. The summed E-state index contributed by atoms with van der Waals surface area (Å²) in [6.45, 7) is 4.44. The molecule has 2 aliphatic rings. The second-order valence-electron chi connectivity index (χ2n) is 4.26. The molecule has 0 bridgehead atoms. The highest BCUT2D eigenvalue weighted by Gasteiger charge is 2.13. The van der Waals surface area contributed by atoms with E-state index in [2.05, 4.69) is 38.2 Å². The van der Waals surface area contributed by atoms with Gasteiger partial charge < -0.3 is 0 Å². The Morgan fingerprint density at radius 1 is 1.36 bits per heavy atom. The molecule has 0 nitrogen and oxygen atoms in total. The summed E-state index contributed by atoms with van der Waals surface area (Å²) in [6, 6.07) is 0. The molecule has 0 spiro atoms. The van der Waals surface area contributed by atoms with Crippen molar-refractivity contribution in [2.24, 2.45) is 0 Å². The van der Waals surface area contributed by atoms with Gasteiger partial charge in [-0.2, -0.15) is 0 Å². The maximum absolute atomic E-state index is 3.52. The molecule has 0 unspecified atom stereocenters. The van der Waals surface area contributed by atoms with Crippen molar-refractivity contribution in [1.82, 2.24) is 0 Å². The molecular formula is C14H17.